The van der Waals surface area contributed by atoms with Gasteiger partial charge in [-0.15, -0.1) is 11.3 Å². The summed E-state index contributed by atoms with van der Waals surface area (Å²) in [5, 5.41) is 0. The number of hydrogen-bond acceptors (Lipinski definition) is 2. The Bertz CT molecular complexity index is 494. The summed E-state index contributed by atoms with van der Waals surface area (Å²) in [4.78, 5) is 13.2. The number of Topliss-reactive ketones (excluding diaryl/α,β-unsaturated/α-hetero) is 1. The Balaban J connectivity index is 2.31. The maximum Gasteiger partial charge on any atom is 0.169 e. The van der Waals surface area contributed by atoms with Crippen LogP contribution in [0.3, 0.4) is 0 Å². The third-order valence-electron chi connectivity index (χ3n) is 2.60. The van der Waals surface area contributed by atoms with Crippen LogP contribution >= 0.6 is 11.3 Å². The molecule has 2 aromatic rings. The van der Waals surface area contributed by atoms with Gasteiger partial charge in [0.1, 0.15) is 0 Å². The van der Waals surface area contributed by atoms with Gasteiger partial charge in [0, 0.05) is 4.88 Å². The molecule has 0 radical (unpaired) electrons. The molecule has 0 amide bonds. The van der Waals surface area contributed by atoms with E-state index >= 15 is 0 Å². The first-order chi connectivity index (χ1) is 7.70. The van der Waals surface area contributed by atoms with Crippen molar-refractivity contribution >= 4 is 17.1 Å². The zero-order valence-corrected chi connectivity index (χ0v) is 10.3. The largest absolute Gasteiger partial charge is 0.294 e. The minimum Gasteiger partial charge on any atom is -0.294 e. The highest BCUT2D eigenvalue weighted by molar-refractivity contribution is 7.17. The lowest BCUT2D eigenvalue weighted by Crippen LogP contribution is -1.83. The van der Waals surface area contributed by atoms with Crippen molar-refractivity contribution in [3.8, 4) is 10.4 Å². The summed E-state index contributed by atoms with van der Waals surface area (Å²) < 4.78 is 0. The van der Waals surface area contributed by atoms with E-state index in [9.17, 15) is 4.79 Å². The molecular formula is C14H14OS. The molecule has 1 heterocycles. The second-order valence-electron chi connectivity index (χ2n) is 3.77. The predicted octanol–water partition coefficient (Wildman–Crippen LogP) is 4.18. The standard InChI is InChI=1S/C14H14OS/c1-3-11-4-6-12(7-5-11)14-9-8-13(16-14)10(2)15/h4-9H,3H2,1-2H3. The van der Waals surface area contributed by atoms with Gasteiger partial charge in [0.05, 0.1) is 4.88 Å². The van der Waals surface area contributed by atoms with Crippen molar-refractivity contribution in [3.05, 3.63) is 46.8 Å². The van der Waals surface area contributed by atoms with Crippen LogP contribution in [0.4, 0.5) is 0 Å². The molecule has 1 aromatic carbocycles. The lowest BCUT2D eigenvalue weighted by atomic mass is 10.1. The zero-order valence-electron chi connectivity index (χ0n) is 9.49. The number of carbonyl (C=O) groups is 1. The first kappa shape index (κ1) is 11.1. The van der Waals surface area contributed by atoms with E-state index in [1.54, 1.807) is 18.3 Å². The quantitative estimate of drug-likeness (QED) is 0.723. The van der Waals surface area contributed by atoms with E-state index in [0.29, 0.717) is 0 Å². The number of rotatable bonds is 3. The van der Waals surface area contributed by atoms with Crippen LogP contribution in [0.5, 0.6) is 0 Å². The van der Waals surface area contributed by atoms with E-state index in [4.69, 9.17) is 0 Å². The molecule has 0 spiro atoms. The fourth-order valence-corrected chi connectivity index (χ4v) is 2.49. The third-order valence-corrected chi connectivity index (χ3v) is 3.83. The zero-order chi connectivity index (χ0) is 11.5. The summed E-state index contributed by atoms with van der Waals surface area (Å²) in [5.74, 6) is 0.140. The van der Waals surface area contributed by atoms with Gasteiger partial charge in [0.25, 0.3) is 0 Å². The molecule has 16 heavy (non-hydrogen) atoms. The molecule has 0 saturated carbocycles. The molecule has 0 atom stereocenters. The van der Waals surface area contributed by atoms with Crippen LogP contribution in [0.1, 0.15) is 29.1 Å². The molecule has 1 aromatic heterocycles. The van der Waals surface area contributed by atoms with Crippen LogP contribution in [0, 0.1) is 0 Å². The Morgan fingerprint density at radius 1 is 1.12 bits per heavy atom. The highest BCUT2D eigenvalue weighted by Gasteiger charge is 2.05. The Kier molecular flexibility index (Phi) is 3.20. The minimum atomic E-state index is 0.140. The van der Waals surface area contributed by atoms with Crippen molar-refractivity contribution in [2.45, 2.75) is 20.3 Å². The number of benzene rings is 1. The normalized spacial score (nSPS) is 10.4. The first-order valence-electron chi connectivity index (χ1n) is 5.41. The fourth-order valence-electron chi connectivity index (χ4n) is 1.59. The molecule has 0 aliphatic carbocycles. The summed E-state index contributed by atoms with van der Waals surface area (Å²) in [7, 11) is 0. The van der Waals surface area contributed by atoms with Crippen molar-refractivity contribution in [3.63, 3.8) is 0 Å². The van der Waals surface area contributed by atoms with E-state index < -0.39 is 0 Å². The lowest BCUT2D eigenvalue weighted by Gasteiger charge is -1.99. The topological polar surface area (TPSA) is 17.1 Å². The van der Waals surface area contributed by atoms with Crippen LogP contribution in [-0.4, -0.2) is 5.78 Å². The van der Waals surface area contributed by atoms with Gasteiger partial charge in [-0.2, -0.15) is 0 Å². The number of aryl methyl sites for hydroxylation is 1. The van der Waals surface area contributed by atoms with E-state index in [2.05, 4.69) is 31.2 Å². The molecule has 82 valence electrons. The van der Waals surface area contributed by atoms with Gasteiger partial charge in [-0.05, 0) is 36.6 Å². The molecule has 0 bridgehead atoms. The number of ketones is 1. The summed E-state index contributed by atoms with van der Waals surface area (Å²) in [6, 6.07) is 12.4. The van der Waals surface area contributed by atoms with Crippen LogP contribution in [0.15, 0.2) is 36.4 Å². The third kappa shape index (κ3) is 2.22. The monoisotopic (exact) mass is 230 g/mol. The van der Waals surface area contributed by atoms with Gasteiger partial charge < -0.3 is 0 Å². The van der Waals surface area contributed by atoms with E-state index in [0.717, 1.165) is 16.2 Å². The van der Waals surface area contributed by atoms with Gasteiger partial charge in [0.15, 0.2) is 5.78 Å². The molecule has 1 nitrogen and oxygen atoms in total. The van der Waals surface area contributed by atoms with Crippen molar-refractivity contribution in [2.24, 2.45) is 0 Å². The second-order valence-corrected chi connectivity index (χ2v) is 4.85. The van der Waals surface area contributed by atoms with Gasteiger partial charge in [-0.3, -0.25) is 4.79 Å². The summed E-state index contributed by atoms with van der Waals surface area (Å²) in [5.41, 5.74) is 2.53. The highest BCUT2D eigenvalue weighted by Crippen LogP contribution is 2.28. The summed E-state index contributed by atoms with van der Waals surface area (Å²) >= 11 is 1.56. The van der Waals surface area contributed by atoms with Crippen molar-refractivity contribution in [1.29, 1.82) is 0 Å². The smallest absolute Gasteiger partial charge is 0.169 e. The first-order valence-corrected chi connectivity index (χ1v) is 6.22. The van der Waals surface area contributed by atoms with Crippen LogP contribution < -0.4 is 0 Å². The second kappa shape index (κ2) is 4.62. The summed E-state index contributed by atoms with van der Waals surface area (Å²) in [6.07, 6.45) is 1.06. The average molecular weight is 230 g/mol. The Morgan fingerprint density at radius 3 is 2.31 bits per heavy atom. The van der Waals surface area contributed by atoms with Gasteiger partial charge in [0.2, 0.25) is 0 Å². The average Bonchev–Trinajstić information content (AvgIpc) is 2.78. The lowest BCUT2D eigenvalue weighted by molar-refractivity contribution is 0.102. The maximum atomic E-state index is 11.2. The van der Waals surface area contributed by atoms with Crippen LogP contribution in [-0.2, 0) is 6.42 Å². The molecule has 2 rings (SSSR count). The Morgan fingerprint density at radius 2 is 1.81 bits per heavy atom. The number of hydrogen-bond donors (Lipinski definition) is 0. The number of carbonyl (C=O) groups excluding carboxylic acids is 1. The molecule has 0 aliphatic rings. The van der Waals surface area contributed by atoms with Crippen molar-refractivity contribution in [2.75, 3.05) is 0 Å². The van der Waals surface area contributed by atoms with E-state index in [1.807, 2.05) is 12.1 Å². The molecule has 0 unspecified atom stereocenters. The van der Waals surface area contributed by atoms with Crippen LogP contribution in [0.2, 0.25) is 0 Å². The Hall–Kier alpha value is -1.41. The SMILES string of the molecule is CCc1ccc(-c2ccc(C(C)=O)s2)cc1. The molecule has 0 saturated heterocycles. The highest BCUT2D eigenvalue weighted by atomic mass is 32.1. The molecule has 0 N–H and O–H groups in total. The van der Waals surface area contributed by atoms with E-state index in [-0.39, 0.29) is 5.78 Å². The van der Waals surface area contributed by atoms with Gasteiger partial charge >= 0.3 is 0 Å². The van der Waals surface area contributed by atoms with Gasteiger partial charge in [-0.25, -0.2) is 0 Å². The number of thiophene rings is 1. The van der Waals surface area contributed by atoms with E-state index in [1.165, 1.54) is 11.1 Å². The fraction of sp³-hybridized carbons (Fsp3) is 0.214. The molecule has 0 aliphatic heterocycles. The minimum absolute atomic E-state index is 0.140. The predicted molar refractivity (Wildman–Crippen MR) is 69.1 cm³/mol. The molecule has 2 heteroatoms. The summed E-state index contributed by atoms with van der Waals surface area (Å²) in [6.45, 7) is 3.75. The Labute approximate surface area is 99.8 Å². The van der Waals surface area contributed by atoms with Crippen molar-refractivity contribution < 1.29 is 4.79 Å². The van der Waals surface area contributed by atoms with Crippen LogP contribution in [0.25, 0.3) is 10.4 Å². The molecular weight excluding hydrogens is 216 g/mol. The van der Waals surface area contributed by atoms with Crippen molar-refractivity contribution in [1.82, 2.24) is 0 Å². The van der Waals surface area contributed by atoms with Gasteiger partial charge in [-0.1, -0.05) is 31.2 Å². The molecule has 0 fully saturated rings. The maximum absolute atomic E-state index is 11.2.